The van der Waals surface area contributed by atoms with E-state index in [-0.39, 0.29) is 5.91 Å². The van der Waals surface area contributed by atoms with E-state index >= 15 is 0 Å². The van der Waals surface area contributed by atoms with Gasteiger partial charge in [0.25, 0.3) is 0 Å². The minimum atomic E-state index is -5.08. The van der Waals surface area contributed by atoms with Crippen LogP contribution in [0.5, 0.6) is 0 Å². The van der Waals surface area contributed by atoms with Crippen molar-refractivity contribution in [3.8, 4) is 0 Å². The zero-order chi connectivity index (χ0) is 28.0. The van der Waals surface area contributed by atoms with Crippen molar-refractivity contribution < 1.29 is 50.9 Å². The zero-order valence-corrected chi connectivity index (χ0v) is 20.0. The predicted octanol–water partition coefficient (Wildman–Crippen LogP) is 3.49. The van der Waals surface area contributed by atoms with Crippen LogP contribution in [0, 0.1) is 6.92 Å². The number of alkyl halides is 6. The smallest absolute Gasteiger partial charge is 0.475 e. The Hall–Kier alpha value is -3.27. The van der Waals surface area contributed by atoms with E-state index in [9.17, 15) is 31.1 Å². The van der Waals surface area contributed by atoms with Crippen LogP contribution < -0.4 is 0 Å². The number of carbonyl (C=O) groups is 3. The summed E-state index contributed by atoms with van der Waals surface area (Å²) in [4.78, 5) is 43.6. The molecule has 2 fully saturated rings. The van der Waals surface area contributed by atoms with Crippen LogP contribution in [0.25, 0.3) is 0 Å². The fourth-order valence-corrected chi connectivity index (χ4v) is 4.37. The topological polar surface area (TPSA) is 124 Å². The molecule has 2 atom stereocenters. The Morgan fingerprint density at radius 3 is 2.08 bits per heavy atom. The molecule has 2 aliphatic heterocycles. The third-order valence-electron chi connectivity index (χ3n) is 5.30. The molecular weight excluding hydrogens is 534 g/mol. The first kappa shape index (κ1) is 30.0. The molecule has 0 saturated carbocycles. The molecule has 4 rings (SSSR count). The van der Waals surface area contributed by atoms with E-state index in [0.29, 0.717) is 25.0 Å². The van der Waals surface area contributed by atoms with Gasteiger partial charge < -0.3 is 15.1 Å². The fraction of sp³-hybridized carbons (Fsp3) is 0.476. The molecule has 0 unspecified atom stereocenters. The Morgan fingerprint density at radius 1 is 1.03 bits per heavy atom. The maximum atomic E-state index is 12.5. The molecule has 0 aromatic carbocycles. The maximum Gasteiger partial charge on any atom is 0.490 e. The van der Waals surface area contributed by atoms with Crippen molar-refractivity contribution in [1.82, 2.24) is 19.8 Å². The lowest BCUT2D eigenvalue weighted by atomic mass is 10.1. The third kappa shape index (κ3) is 8.96. The lowest BCUT2D eigenvalue weighted by molar-refractivity contribution is -0.193. The van der Waals surface area contributed by atoms with Crippen molar-refractivity contribution >= 4 is 29.2 Å². The van der Waals surface area contributed by atoms with Crippen LogP contribution in [0.15, 0.2) is 29.8 Å². The maximum absolute atomic E-state index is 12.5. The van der Waals surface area contributed by atoms with Gasteiger partial charge in [-0.15, -0.1) is 11.3 Å². The van der Waals surface area contributed by atoms with Gasteiger partial charge in [0.15, 0.2) is 0 Å². The van der Waals surface area contributed by atoms with E-state index in [0.717, 1.165) is 35.9 Å². The number of hydrogen-bond donors (Lipinski definition) is 2. The van der Waals surface area contributed by atoms with Crippen molar-refractivity contribution in [2.24, 2.45) is 0 Å². The van der Waals surface area contributed by atoms with Crippen molar-refractivity contribution in [2.75, 3.05) is 6.54 Å². The first-order valence-electron chi connectivity index (χ1n) is 10.5. The van der Waals surface area contributed by atoms with Crippen molar-refractivity contribution in [3.05, 3.63) is 46.2 Å². The number of aromatic nitrogens is 2. The number of thiazole rings is 1. The highest BCUT2D eigenvalue weighted by Gasteiger charge is 2.46. The molecule has 2 saturated heterocycles. The molecule has 4 heterocycles. The standard InChI is InChI=1S/C17H20N4OS.2C2HF3O2/c1-12-19-14(11-23-12)10-21-15-5-7-20(16(15)8-17(21)22)9-13-4-2-3-6-18-13;2*3-2(4,5)1(6)7/h2-4,6,11,15-16H,5,7-10H2,1H3;2*(H,6,7)/t15-,16+;;/m0../s1. The molecule has 0 aliphatic carbocycles. The number of aliphatic carboxylic acids is 2. The predicted molar refractivity (Wildman–Crippen MR) is 116 cm³/mol. The molecule has 2 aliphatic rings. The lowest BCUT2D eigenvalue weighted by Crippen LogP contribution is -2.36. The summed E-state index contributed by atoms with van der Waals surface area (Å²) in [5.41, 5.74) is 2.10. The molecule has 1 amide bonds. The number of halogens is 6. The molecule has 2 aromatic heterocycles. The van der Waals surface area contributed by atoms with Gasteiger partial charge in [-0.1, -0.05) is 6.07 Å². The molecule has 0 spiro atoms. The van der Waals surface area contributed by atoms with Crippen LogP contribution >= 0.6 is 11.3 Å². The molecule has 0 bridgehead atoms. The van der Waals surface area contributed by atoms with Crippen LogP contribution in [0.1, 0.15) is 29.2 Å². The molecule has 16 heteroatoms. The molecule has 0 radical (unpaired) electrons. The molecule has 2 N–H and O–H groups in total. The summed E-state index contributed by atoms with van der Waals surface area (Å²) >= 11 is 1.65. The second-order valence-corrected chi connectivity index (χ2v) is 8.97. The summed E-state index contributed by atoms with van der Waals surface area (Å²) in [6.07, 6.45) is -6.66. The van der Waals surface area contributed by atoms with Gasteiger partial charge in [0, 0.05) is 43.2 Å². The molecule has 37 heavy (non-hydrogen) atoms. The van der Waals surface area contributed by atoms with Crippen LogP contribution in [0.3, 0.4) is 0 Å². The first-order valence-corrected chi connectivity index (χ1v) is 11.4. The van der Waals surface area contributed by atoms with Gasteiger partial charge in [-0.05, 0) is 25.5 Å². The number of aryl methyl sites for hydroxylation is 1. The summed E-state index contributed by atoms with van der Waals surface area (Å²) in [5, 5.41) is 17.4. The van der Waals surface area contributed by atoms with Gasteiger partial charge in [0.2, 0.25) is 5.91 Å². The van der Waals surface area contributed by atoms with Gasteiger partial charge >= 0.3 is 24.3 Å². The third-order valence-corrected chi connectivity index (χ3v) is 6.13. The largest absolute Gasteiger partial charge is 0.490 e. The van der Waals surface area contributed by atoms with E-state index < -0.39 is 24.3 Å². The van der Waals surface area contributed by atoms with Gasteiger partial charge in [-0.2, -0.15) is 26.3 Å². The second-order valence-electron chi connectivity index (χ2n) is 7.90. The minimum absolute atomic E-state index is 0.261. The number of likely N-dealkylation sites (tertiary alicyclic amines) is 2. The quantitative estimate of drug-likeness (QED) is 0.549. The van der Waals surface area contributed by atoms with Gasteiger partial charge in [0.05, 0.1) is 22.9 Å². The van der Waals surface area contributed by atoms with Gasteiger partial charge in [0.1, 0.15) is 0 Å². The van der Waals surface area contributed by atoms with Crippen molar-refractivity contribution in [2.45, 2.75) is 57.3 Å². The highest BCUT2D eigenvalue weighted by Crippen LogP contribution is 2.34. The van der Waals surface area contributed by atoms with E-state index in [4.69, 9.17) is 19.8 Å². The number of hydrogen-bond acceptors (Lipinski definition) is 7. The Morgan fingerprint density at radius 2 is 1.62 bits per heavy atom. The zero-order valence-electron chi connectivity index (χ0n) is 19.2. The number of rotatable bonds is 4. The van der Waals surface area contributed by atoms with Crippen molar-refractivity contribution in [3.63, 3.8) is 0 Å². The number of fused-ring (bicyclic) bond motifs is 1. The van der Waals surface area contributed by atoms with E-state index in [2.05, 4.69) is 26.3 Å². The first-order chi connectivity index (χ1) is 17.1. The van der Waals surface area contributed by atoms with Gasteiger partial charge in [-0.25, -0.2) is 14.6 Å². The second kappa shape index (κ2) is 12.3. The van der Waals surface area contributed by atoms with Crippen LogP contribution in [0.4, 0.5) is 26.3 Å². The highest BCUT2D eigenvalue weighted by atomic mass is 32.1. The minimum Gasteiger partial charge on any atom is -0.475 e. The summed E-state index contributed by atoms with van der Waals surface area (Å²) in [5.74, 6) is -5.25. The monoisotopic (exact) mass is 556 g/mol. The average Bonchev–Trinajstić information content (AvgIpc) is 3.46. The van der Waals surface area contributed by atoms with Crippen molar-refractivity contribution in [1.29, 1.82) is 0 Å². The Kier molecular flexibility index (Phi) is 9.97. The SMILES string of the molecule is Cc1nc(CN2C(=O)C[C@@H]3[C@@H]2CCN3Cc2ccccn2)cs1.O=C(O)C(F)(F)F.O=C(O)C(F)(F)F. The lowest BCUT2D eigenvalue weighted by Gasteiger charge is -2.24. The van der Waals surface area contributed by atoms with Gasteiger partial charge in [-0.3, -0.25) is 14.7 Å². The molecule has 204 valence electrons. The van der Waals surface area contributed by atoms with Crippen LogP contribution in [0.2, 0.25) is 0 Å². The number of nitrogens with zero attached hydrogens (tertiary/aromatic N) is 4. The Bertz CT molecular complexity index is 1060. The number of carbonyl (C=O) groups excluding carboxylic acids is 1. The number of carboxylic acid groups (broad SMARTS) is 2. The number of pyridine rings is 1. The van der Waals surface area contributed by atoms with Crippen LogP contribution in [-0.2, 0) is 27.5 Å². The molecule has 9 nitrogen and oxygen atoms in total. The Labute approximate surface area is 210 Å². The fourth-order valence-electron chi connectivity index (χ4n) is 3.77. The van der Waals surface area contributed by atoms with Crippen LogP contribution in [-0.4, -0.2) is 78.8 Å². The summed E-state index contributed by atoms with van der Waals surface area (Å²) in [7, 11) is 0. The summed E-state index contributed by atoms with van der Waals surface area (Å²) in [6.45, 7) is 4.53. The summed E-state index contributed by atoms with van der Waals surface area (Å²) < 4.78 is 63.5. The Balaban J connectivity index is 0.000000286. The normalized spacial score (nSPS) is 19.4. The molecular formula is C21H22F6N4O5S. The van der Waals surface area contributed by atoms with E-state index in [1.807, 2.05) is 30.2 Å². The van der Waals surface area contributed by atoms with E-state index in [1.54, 1.807) is 11.3 Å². The average molecular weight is 556 g/mol. The summed E-state index contributed by atoms with van der Waals surface area (Å²) in [6, 6.07) is 6.66. The van der Waals surface area contributed by atoms with E-state index in [1.165, 1.54) is 0 Å². The highest BCUT2D eigenvalue weighted by molar-refractivity contribution is 7.09. The molecule has 2 aromatic rings. The number of amides is 1. The number of carboxylic acids is 2.